The average Bonchev–Trinajstić information content (AvgIpc) is 3.34. The van der Waals surface area contributed by atoms with E-state index < -0.39 is 0 Å². The Morgan fingerprint density at radius 3 is 0.578 bits per heavy atom. The normalized spacial score (nSPS) is 10.3. The molecule has 0 aliphatic heterocycles. The molecule has 2 nitrogen and oxygen atoms in total. The lowest BCUT2D eigenvalue weighted by Gasteiger charge is -2.25. The SMILES string of the molecule is CCCCCCN(CCCCCC)c1ccc(C#Cc2ccc(C#Cc3ccc(C#Cc4ccc(C#Cc5ccc(N(CCCCCC)CCCCCC)cc5)cc4)cc3)cc2)cc1. The topological polar surface area (TPSA) is 6.48 Å². The van der Waals surface area contributed by atoms with Crippen molar-refractivity contribution in [3.05, 3.63) is 166 Å². The number of anilines is 2. The van der Waals surface area contributed by atoms with E-state index in [0.29, 0.717) is 0 Å². The van der Waals surface area contributed by atoms with Crippen LogP contribution in [0.5, 0.6) is 0 Å². The number of rotatable bonds is 22. The molecule has 64 heavy (non-hydrogen) atoms. The van der Waals surface area contributed by atoms with Crippen molar-refractivity contribution >= 4 is 11.4 Å². The van der Waals surface area contributed by atoms with Crippen LogP contribution in [0.2, 0.25) is 0 Å². The first-order valence-corrected chi connectivity index (χ1v) is 24.6. The summed E-state index contributed by atoms with van der Waals surface area (Å²) in [5.74, 6) is 26.6. The van der Waals surface area contributed by atoms with Gasteiger partial charge in [-0.3, -0.25) is 0 Å². The molecule has 0 bridgehead atoms. The molecule has 0 aliphatic rings. The lowest BCUT2D eigenvalue weighted by molar-refractivity contribution is 0.609. The van der Waals surface area contributed by atoms with Crippen LogP contribution < -0.4 is 9.80 Å². The Labute approximate surface area is 389 Å². The molecule has 5 rings (SSSR count). The van der Waals surface area contributed by atoms with Crippen LogP contribution in [0, 0.1) is 47.4 Å². The van der Waals surface area contributed by atoms with Crippen LogP contribution in [0.15, 0.2) is 121 Å². The quantitative estimate of drug-likeness (QED) is 0.0506. The van der Waals surface area contributed by atoms with Crippen LogP contribution in [0.4, 0.5) is 11.4 Å². The van der Waals surface area contributed by atoms with Crippen LogP contribution in [0.3, 0.4) is 0 Å². The summed E-state index contributed by atoms with van der Waals surface area (Å²) in [5.41, 5.74) is 10.5. The van der Waals surface area contributed by atoms with Crippen LogP contribution in [-0.2, 0) is 0 Å². The molecule has 0 saturated heterocycles. The monoisotopic (exact) mass is 845 g/mol. The van der Waals surface area contributed by atoms with E-state index in [-0.39, 0.29) is 0 Å². The van der Waals surface area contributed by atoms with E-state index in [4.69, 9.17) is 0 Å². The molecule has 0 saturated carbocycles. The summed E-state index contributed by atoms with van der Waals surface area (Å²) in [6, 6.07) is 42.2. The van der Waals surface area contributed by atoms with Crippen molar-refractivity contribution in [1.29, 1.82) is 0 Å². The van der Waals surface area contributed by atoms with Gasteiger partial charge < -0.3 is 9.80 Å². The lowest BCUT2D eigenvalue weighted by atomic mass is 10.1. The Morgan fingerprint density at radius 1 is 0.234 bits per heavy atom. The van der Waals surface area contributed by atoms with Gasteiger partial charge in [-0.1, -0.05) is 152 Å². The Balaban J connectivity index is 1.10. The third kappa shape index (κ3) is 18.3. The van der Waals surface area contributed by atoms with Crippen molar-refractivity contribution in [2.75, 3.05) is 36.0 Å². The predicted octanol–water partition coefficient (Wildman–Crippen LogP) is 15.2. The molecule has 0 fully saturated rings. The van der Waals surface area contributed by atoms with Gasteiger partial charge in [0.1, 0.15) is 0 Å². The second kappa shape index (κ2) is 29.3. The van der Waals surface area contributed by atoms with E-state index in [1.54, 1.807) is 0 Å². The summed E-state index contributed by atoms with van der Waals surface area (Å²) in [6.45, 7) is 13.6. The smallest absolute Gasteiger partial charge is 0.0367 e. The maximum atomic E-state index is 3.36. The molecule has 0 spiro atoms. The fourth-order valence-corrected chi connectivity index (χ4v) is 7.66. The molecule has 2 heteroatoms. The molecule has 5 aromatic rings. The highest BCUT2D eigenvalue weighted by Gasteiger charge is 2.08. The maximum Gasteiger partial charge on any atom is 0.0367 e. The van der Waals surface area contributed by atoms with E-state index in [9.17, 15) is 0 Å². The number of nitrogens with zero attached hydrogens (tertiary/aromatic N) is 2. The van der Waals surface area contributed by atoms with Gasteiger partial charge >= 0.3 is 0 Å². The third-order valence-corrected chi connectivity index (χ3v) is 11.7. The van der Waals surface area contributed by atoms with Gasteiger partial charge in [-0.15, -0.1) is 0 Å². The van der Waals surface area contributed by atoms with E-state index in [1.165, 1.54) is 114 Å². The van der Waals surface area contributed by atoms with Crippen molar-refractivity contribution in [2.24, 2.45) is 0 Å². The van der Waals surface area contributed by atoms with Crippen LogP contribution in [-0.4, -0.2) is 26.2 Å². The minimum absolute atomic E-state index is 0.957. The van der Waals surface area contributed by atoms with Gasteiger partial charge in [0.2, 0.25) is 0 Å². The Kier molecular flexibility index (Phi) is 22.4. The highest BCUT2D eigenvalue weighted by atomic mass is 15.1. The molecule has 0 radical (unpaired) electrons. The Morgan fingerprint density at radius 2 is 0.406 bits per heavy atom. The van der Waals surface area contributed by atoms with Gasteiger partial charge in [-0.05, 0) is 147 Å². The van der Waals surface area contributed by atoms with Gasteiger partial charge in [0.05, 0.1) is 0 Å². The van der Waals surface area contributed by atoms with E-state index in [0.717, 1.165) is 70.7 Å². The van der Waals surface area contributed by atoms with Crippen molar-refractivity contribution in [1.82, 2.24) is 0 Å². The first-order valence-electron chi connectivity index (χ1n) is 24.6. The summed E-state index contributed by atoms with van der Waals surface area (Å²) in [4.78, 5) is 5.14. The maximum absolute atomic E-state index is 3.36. The number of benzene rings is 5. The molecule has 0 aromatic heterocycles. The third-order valence-electron chi connectivity index (χ3n) is 11.7. The van der Waals surface area contributed by atoms with Gasteiger partial charge in [0, 0.05) is 82.1 Å². The molecule has 0 unspecified atom stereocenters. The molecule has 0 heterocycles. The second-order valence-electron chi connectivity index (χ2n) is 17.0. The van der Waals surface area contributed by atoms with E-state index in [1.807, 2.05) is 48.5 Å². The van der Waals surface area contributed by atoms with E-state index >= 15 is 0 Å². The molecular formula is C62H72N2. The zero-order valence-electron chi connectivity index (χ0n) is 39.6. The molecule has 0 N–H and O–H groups in total. The van der Waals surface area contributed by atoms with Crippen molar-refractivity contribution in [2.45, 2.75) is 130 Å². The number of hydrogen-bond acceptors (Lipinski definition) is 2. The van der Waals surface area contributed by atoms with Crippen LogP contribution in [0.25, 0.3) is 0 Å². The molecular weight excluding hydrogens is 773 g/mol. The van der Waals surface area contributed by atoms with Gasteiger partial charge in [-0.2, -0.15) is 0 Å². The van der Waals surface area contributed by atoms with Gasteiger partial charge in [0.15, 0.2) is 0 Å². The summed E-state index contributed by atoms with van der Waals surface area (Å²) >= 11 is 0. The molecule has 0 atom stereocenters. The number of unbranched alkanes of at least 4 members (excludes halogenated alkanes) is 12. The first-order chi connectivity index (χ1) is 31.6. The fraction of sp³-hybridized carbons (Fsp3) is 0.387. The standard InChI is InChI=1S/C62H72N2/c1-5-9-13-17-49-63(50-18-14-10-6-2)61-45-41-59(42-46-61)39-37-57-33-29-55(30-34-57)27-25-53-21-23-54(24-22-53)26-28-56-31-35-58(36-32-56)38-40-60-43-47-62(48-44-60)64(51-19-15-11-7-3)52-20-16-12-8-4/h21-24,29-36,41-48H,5-20,49-52H2,1-4H3. The zero-order chi connectivity index (χ0) is 44.9. The Hall–Kier alpha value is -6.06. The first kappa shape index (κ1) is 49.0. The van der Waals surface area contributed by atoms with Crippen LogP contribution >= 0.6 is 0 Å². The predicted molar refractivity (Wildman–Crippen MR) is 277 cm³/mol. The van der Waals surface area contributed by atoms with Gasteiger partial charge in [0.25, 0.3) is 0 Å². The molecule has 330 valence electrons. The minimum Gasteiger partial charge on any atom is -0.372 e. The van der Waals surface area contributed by atoms with Crippen LogP contribution in [0.1, 0.15) is 175 Å². The van der Waals surface area contributed by atoms with Gasteiger partial charge in [-0.25, -0.2) is 0 Å². The zero-order valence-corrected chi connectivity index (χ0v) is 39.6. The molecule has 5 aromatic carbocycles. The Bertz CT molecular complexity index is 2130. The molecule has 0 aliphatic carbocycles. The van der Waals surface area contributed by atoms with E-state index in [2.05, 4.69) is 158 Å². The summed E-state index contributed by atoms with van der Waals surface area (Å²) in [5, 5.41) is 0. The highest BCUT2D eigenvalue weighted by molar-refractivity contribution is 5.55. The fourth-order valence-electron chi connectivity index (χ4n) is 7.66. The summed E-state index contributed by atoms with van der Waals surface area (Å²) in [6.07, 6.45) is 20.6. The highest BCUT2D eigenvalue weighted by Crippen LogP contribution is 2.20. The van der Waals surface area contributed by atoms with Crippen molar-refractivity contribution in [3.63, 3.8) is 0 Å². The average molecular weight is 845 g/mol. The number of hydrogen-bond donors (Lipinski definition) is 0. The summed E-state index contributed by atoms with van der Waals surface area (Å²) in [7, 11) is 0. The van der Waals surface area contributed by atoms with Crippen molar-refractivity contribution in [3.8, 4) is 47.4 Å². The summed E-state index contributed by atoms with van der Waals surface area (Å²) < 4.78 is 0. The molecule has 0 amide bonds. The largest absolute Gasteiger partial charge is 0.372 e. The lowest BCUT2D eigenvalue weighted by Crippen LogP contribution is -2.25. The van der Waals surface area contributed by atoms with Crippen molar-refractivity contribution < 1.29 is 0 Å². The minimum atomic E-state index is 0.957. The second-order valence-corrected chi connectivity index (χ2v) is 17.0.